The van der Waals surface area contributed by atoms with Crippen LogP contribution in [-0.4, -0.2) is 52.1 Å². The maximum absolute atomic E-state index is 13.1. The van der Waals surface area contributed by atoms with Crippen LogP contribution >= 0.6 is 23.4 Å². The van der Waals surface area contributed by atoms with Gasteiger partial charge in [-0.05, 0) is 11.6 Å². The molecule has 0 saturated carbocycles. The third kappa shape index (κ3) is 3.70. The van der Waals surface area contributed by atoms with Crippen molar-refractivity contribution in [1.29, 1.82) is 0 Å². The van der Waals surface area contributed by atoms with Crippen LogP contribution in [0.5, 0.6) is 0 Å². The van der Waals surface area contributed by atoms with Gasteiger partial charge in [0.25, 0.3) is 0 Å². The van der Waals surface area contributed by atoms with Crippen molar-refractivity contribution in [3.05, 3.63) is 53.2 Å². The molecule has 0 radical (unpaired) electrons. The number of nitrogens with one attached hydrogen (secondary N) is 1. The number of amides is 1. The molecule has 1 saturated heterocycles. The summed E-state index contributed by atoms with van der Waals surface area (Å²) < 4.78 is 5.36. The number of aromatic nitrogens is 3. The molecule has 3 aromatic rings. The average molecular weight is 389 g/mol. The van der Waals surface area contributed by atoms with E-state index in [0.717, 1.165) is 11.1 Å². The highest BCUT2D eigenvalue weighted by Crippen LogP contribution is 2.36. The van der Waals surface area contributed by atoms with Crippen LogP contribution in [0, 0.1) is 0 Å². The van der Waals surface area contributed by atoms with Crippen molar-refractivity contribution in [3.63, 3.8) is 0 Å². The molecular formula is C18H17ClN4O2S. The molecule has 1 N–H and O–H groups in total. The van der Waals surface area contributed by atoms with E-state index >= 15 is 0 Å². The number of morpholine rings is 1. The lowest BCUT2D eigenvalue weighted by Crippen LogP contribution is -2.42. The number of aromatic amines is 1. The van der Waals surface area contributed by atoms with Crippen LogP contribution in [0.4, 0.5) is 0 Å². The van der Waals surface area contributed by atoms with Crippen LogP contribution in [0.15, 0.2) is 47.8 Å². The minimum Gasteiger partial charge on any atom is -0.378 e. The van der Waals surface area contributed by atoms with E-state index < -0.39 is 0 Å². The molecule has 0 unspecified atom stereocenters. The number of halogens is 1. The lowest BCUT2D eigenvalue weighted by atomic mass is 10.1. The van der Waals surface area contributed by atoms with Crippen molar-refractivity contribution in [2.75, 3.05) is 26.3 Å². The molecule has 6 nitrogen and oxygen atoms in total. The number of rotatable bonds is 4. The second-order valence-electron chi connectivity index (χ2n) is 5.91. The quantitative estimate of drug-likeness (QED) is 0.694. The van der Waals surface area contributed by atoms with Gasteiger partial charge in [-0.25, -0.2) is 9.97 Å². The standard InChI is InChI=1S/C18H17ClN4O2S/c19-13-10-14-16(20-11-13)22-18(21-14)26-15(12-4-2-1-3-5-12)17(24)23-6-8-25-9-7-23/h1-5,10-11,15H,6-9H2,(H,20,21,22)/t15-/m1/s1. The molecule has 0 aliphatic carbocycles. The van der Waals surface area contributed by atoms with E-state index in [9.17, 15) is 4.79 Å². The highest BCUT2D eigenvalue weighted by atomic mass is 35.5. The predicted octanol–water partition coefficient (Wildman–Crippen LogP) is 3.30. The third-order valence-corrected chi connectivity index (χ3v) is 5.49. The molecule has 2 aromatic heterocycles. The summed E-state index contributed by atoms with van der Waals surface area (Å²) >= 11 is 7.39. The molecule has 26 heavy (non-hydrogen) atoms. The Morgan fingerprint density at radius 3 is 2.81 bits per heavy atom. The number of carbonyl (C=O) groups excluding carboxylic acids is 1. The van der Waals surface area contributed by atoms with E-state index in [1.54, 1.807) is 12.3 Å². The first-order chi connectivity index (χ1) is 12.7. The van der Waals surface area contributed by atoms with Crippen molar-refractivity contribution in [2.45, 2.75) is 10.4 Å². The Hall–Kier alpha value is -2.09. The topological polar surface area (TPSA) is 71.1 Å². The van der Waals surface area contributed by atoms with Crippen molar-refractivity contribution in [2.24, 2.45) is 0 Å². The van der Waals surface area contributed by atoms with Gasteiger partial charge >= 0.3 is 0 Å². The summed E-state index contributed by atoms with van der Waals surface area (Å²) in [7, 11) is 0. The fourth-order valence-corrected chi connectivity index (χ4v) is 4.09. The van der Waals surface area contributed by atoms with E-state index in [1.807, 2.05) is 35.2 Å². The van der Waals surface area contributed by atoms with Gasteiger partial charge in [0, 0.05) is 19.3 Å². The summed E-state index contributed by atoms with van der Waals surface area (Å²) in [5.74, 6) is 0.0657. The van der Waals surface area contributed by atoms with Gasteiger partial charge < -0.3 is 14.6 Å². The monoisotopic (exact) mass is 388 g/mol. The first-order valence-corrected chi connectivity index (χ1v) is 9.56. The fraction of sp³-hybridized carbons (Fsp3) is 0.278. The number of thioether (sulfide) groups is 1. The largest absolute Gasteiger partial charge is 0.378 e. The lowest BCUT2D eigenvalue weighted by molar-refractivity contribution is -0.134. The van der Waals surface area contributed by atoms with Crippen molar-refractivity contribution in [3.8, 4) is 0 Å². The summed E-state index contributed by atoms with van der Waals surface area (Å²) in [6.07, 6.45) is 1.56. The molecule has 0 spiro atoms. The molecule has 1 aromatic carbocycles. The molecule has 8 heteroatoms. The first kappa shape index (κ1) is 17.3. The lowest BCUT2D eigenvalue weighted by Gasteiger charge is -2.30. The normalized spacial score (nSPS) is 16.0. The van der Waals surface area contributed by atoms with E-state index in [-0.39, 0.29) is 11.2 Å². The maximum atomic E-state index is 13.1. The van der Waals surface area contributed by atoms with Gasteiger partial charge in [-0.2, -0.15) is 0 Å². The van der Waals surface area contributed by atoms with Gasteiger partial charge in [0.1, 0.15) is 5.25 Å². The summed E-state index contributed by atoms with van der Waals surface area (Å²) in [5, 5.41) is 0.803. The van der Waals surface area contributed by atoms with Gasteiger partial charge in [-0.3, -0.25) is 4.79 Å². The fourth-order valence-electron chi connectivity index (χ4n) is 2.86. The third-order valence-electron chi connectivity index (χ3n) is 4.16. The van der Waals surface area contributed by atoms with Gasteiger partial charge in [-0.15, -0.1) is 0 Å². The molecule has 1 amide bonds. The molecule has 0 bridgehead atoms. The minimum atomic E-state index is -0.384. The molecule has 1 aliphatic heterocycles. The van der Waals surface area contributed by atoms with Crippen LogP contribution < -0.4 is 0 Å². The highest BCUT2D eigenvalue weighted by molar-refractivity contribution is 8.00. The second kappa shape index (κ2) is 7.65. The van der Waals surface area contributed by atoms with E-state index in [2.05, 4.69) is 15.0 Å². The highest BCUT2D eigenvalue weighted by Gasteiger charge is 2.29. The zero-order valence-electron chi connectivity index (χ0n) is 13.9. The Labute approximate surface area is 159 Å². The van der Waals surface area contributed by atoms with Crippen molar-refractivity contribution in [1.82, 2.24) is 19.9 Å². The number of imidazole rings is 1. The summed E-state index contributed by atoms with van der Waals surface area (Å²) in [4.78, 5) is 26.9. The molecule has 3 heterocycles. The second-order valence-corrected chi connectivity index (χ2v) is 7.44. The number of ether oxygens (including phenoxy) is 1. The molecule has 134 valence electrons. The molecule has 1 atom stereocenters. The summed E-state index contributed by atoms with van der Waals surface area (Å²) in [5.41, 5.74) is 2.29. The number of H-pyrrole nitrogens is 1. The predicted molar refractivity (Wildman–Crippen MR) is 101 cm³/mol. The van der Waals surface area contributed by atoms with E-state index in [1.165, 1.54) is 11.8 Å². The zero-order valence-corrected chi connectivity index (χ0v) is 15.5. The average Bonchev–Trinajstić information content (AvgIpc) is 3.08. The Balaban J connectivity index is 1.64. The summed E-state index contributed by atoms with van der Waals surface area (Å²) in [6.45, 7) is 2.37. The van der Waals surface area contributed by atoms with Gasteiger partial charge in [0.05, 0.1) is 23.8 Å². The number of hydrogen-bond acceptors (Lipinski definition) is 5. The number of hydrogen-bond donors (Lipinski definition) is 1. The molecule has 4 rings (SSSR count). The van der Waals surface area contributed by atoms with Gasteiger partial charge in [0.2, 0.25) is 5.91 Å². The van der Waals surface area contributed by atoms with Gasteiger partial charge in [-0.1, -0.05) is 53.7 Å². The van der Waals surface area contributed by atoms with Crippen LogP contribution in [0.1, 0.15) is 10.8 Å². The zero-order chi connectivity index (χ0) is 17.9. The van der Waals surface area contributed by atoms with Crippen LogP contribution in [0.25, 0.3) is 11.2 Å². The Bertz CT molecular complexity index is 912. The number of pyridine rings is 1. The Morgan fingerprint density at radius 1 is 1.27 bits per heavy atom. The van der Waals surface area contributed by atoms with E-state index in [0.29, 0.717) is 42.1 Å². The minimum absolute atomic E-state index is 0.0657. The smallest absolute Gasteiger partial charge is 0.240 e. The SMILES string of the molecule is O=C([C@H](Sc1nc2ncc(Cl)cc2[nH]1)c1ccccc1)N1CCOCC1. The number of benzene rings is 1. The van der Waals surface area contributed by atoms with Crippen molar-refractivity contribution < 1.29 is 9.53 Å². The van der Waals surface area contributed by atoms with Crippen LogP contribution in [0.3, 0.4) is 0 Å². The summed E-state index contributed by atoms with van der Waals surface area (Å²) in [6, 6.07) is 11.5. The van der Waals surface area contributed by atoms with E-state index in [4.69, 9.17) is 16.3 Å². The van der Waals surface area contributed by atoms with Crippen LogP contribution in [0.2, 0.25) is 5.02 Å². The first-order valence-electron chi connectivity index (χ1n) is 8.30. The van der Waals surface area contributed by atoms with Crippen molar-refractivity contribution >= 4 is 40.4 Å². The maximum Gasteiger partial charge on any atom is 0.240 e. The molecule has 1 aliphatic rings. The Kier molecular flexibility index (Phi) is 5.10. The van der Waals surface area contributed by atoms with Gasteiger partial charge in [0.15, 0.2) is 10.8 Å². The molecular weight excluding hydrogens is 372 g/mol. The van der Waals surface area contributed by atoms with Crippen LogP contribution in [-0.2, 0) is 9.53 Å². The molecule has 1 fully saturated rings. The Morgan fingerprint density at radius 2 is 2.04 bits per heavy atom. The number of nitrogens with zero attached hydrogens (tertiary/aromatic N) is 3. The number of carbonyl (C=O) groups is 1. The number of fused-ring (bicyclic) bond motifs is 1.